The van der Waals surface area contributed by atoms with Gasteiger partial charge in [0.1, 0.15) is 12.4 Å². The lowest BCUT2D eigenvalue weighted by molar-refractivity contribution is 0.0596. The Morgan fingerprint density at radius 1 is 1.14 bits per heavy atom. The Morgan fingerprint density at radius 2 is 2.00 bits per heavy atom. The van der Waals surface area contributed by atoms with Crippen molar-refractivity contribution in [2.45, 2.75) is 13.2 Å². The van der Waals surface area contributed by atoms with Gasteiger partial charge in [0.15, 0.2) is 5.76 Å². The highest BCUT2D eigenvalue weighted by atomic mass is 35.5. The zero-order valence-corrected chi connectivity index (χ0v) is 16.7. The summed E-state index contributed by atoms with van der Waals surface area (Å²) in [4.78, 5) is 20.7. The van der Waals surface area contributed by atoms with Gasteiger partial charge in [0.2, 0.25) is 0 Å². The highest BCUT2D eigenvalue weighted by Gasteiger charge is 2.24. The Balaban J connectivity index is 1.37. The molecule has 0 spiro atoms. The average Bonchev–Trinajstić information content (AvgIpc) is 3.29. The van der Waals surface area contributed by atoms with Crippen LogP contribution in [0.5, 0.6) is 5.75 Å². The number of hydrogen-bond acceptors (Lipinski definition) is 5. The number of ether oxygens (including phenoxy) is 1. The molecule has 1 fully saturated rings. The fourth-order valence-electron chi connectivity index (χ4n) is 3.36. The molecule has 1 aliphatic heterocycles. The highest BCUT2D eigenvalue weighted by molar-refractivity contribution is 6.30. The molecule has 1 saturated heterocycles. The van der Waals surface area contributed by atoms with Crippen LogP contribution in [0.3, 0.4) is 0 Å². The SMILES string of the molecule is O=C(c1ccco1)N1CCN(Cc2cc(Cl)ccc2OCc2cccnc2)CC1. The number of furan rings is 1. The minimum absolute atomic E-state index is 0.0575. The van der Waals surface area contributed by atoms with Gasteiger partial charge in [-0.05, 0) is 36.4 Å². The summed E-state index contributed by atoms with van der Waals surface area (Å²) >= 11 is 6.23. The van der Waals surface area contributed by atoms with Crippen LogP contribution in [0, 0.1) is 0 Å². The monoisotopic (exact) mass is 411 g/mol. The zero-order valence-electron chi connectivity index (χ0n) is 16.0. The third-order valence-electron chi connectivity index (χ3n) is 4.93. The van der Waals surface area contributed by atoms with E-state index in [1.807, 2.05) is 35.2 Å². The number of hydrogen-bond donors (Lipinski definition) is 0. The van der Waals surface area contributed by atoms with Gasteiger partial charge in [-0.1, -0.05) is 17.7 Å². The molecule has 3 heterocycles. The largest absolute Gasteiger partial charge is 0.489 e. The van der Waals surface area contributed by atoms with E-state index in [0.717, 1.165) is 30.0 Å². The standard InChI is InChI=1S/C22H22ClN3O3/c23-19-5-6-20(29-16-17-3-1-7-24-14-17)18(13-19)15-25-8-10-26(11-9-25)22(27)21-4-2-12-28-21/h1-7,12-14H,8-11,15-16H2. The maximum Gasteiger partial charge on any atom is 0.289 e. The number of carbonyl (C=O) groups excluding carboxylic acids is 1. The van der Waals surface area contributed by atoms with E-state index < -0.39 is 0 Å². The molecule has 0 N–H and O–H groups in total. The summed E-state index contributed by atoms with van der Waals surface area (Å²) in [5.41, 5.74) is 2.05. The molecule has 3 aromatic rings. The number of nitrogens with zero attached hydrogens (tertiary/aromatic N) is 3. The number of piperazine rings is 1. The van der Waals surface area contributed by atoms with Crippen LogP contribution in [0.4, 0.5) is 0 Å². The van der Waals surface area contributed by atoms with Crippen molar-refractivity contribution < 1.29 is 13.9 Å². The normalized spacial score (nSPS) is 14.7. The third kappa shape index (κ3) is 4.96. The predicted molar refractivity (Wildman–Crippen MR) is 110 cm³/mol. The summed E-state index contributed by atoms with van der Waals surface area (Å²) in [5.74, 6) is 1.14. The van der Waals surface area contributed by atoms with Crippen LogP contribution >= 0.6 is 11.6 Å². The van der Waals surface area contributed by atoms with Crippen molar-refractivity contribution >= 4 is 17.5 Å². The second kappa shape index (κ2) is 9.11. The van der Waals surface area contributed by atoms with E-state index in [2.05, 4.69) is 9.88 Å². The first-order chi connectivity index (χ1) is 14.2. The van der Waals surface area contributed by atoms with Crippen molar-refractivity contribution in [1.29, 1.82) is 0 Å². The smallest absolute Gasteiger partial charge is 0.289 e. The number of pyridine rings is 1. The maximum atomic E-state index is 12.4. The van der Waals surface area contributed by atoms with E-state index >= 15 is 0 Å². The van der Waals surface area contributed by atoms with Gasteiger partial charge < -0.3 is 14.1 Å². The van der Waals surface area contributed by atoms with Crippen LogP contribution in [0.25, 0.3) is 0 Å². The number of benzene rings is 1. The second-order valence-electron chi connectivity index (χ2n) is 6.95. The van der Waals surface area contributed by atoms with Crippen molar-refractivity contribution in [2.75, 3.05) is 26.2 Å². The molecular weight excluding hydrogens is 390 g/mol. The molecule has 0 saturated carbocycles. The lowest BCUT2D eigenvalue weighted by atomic mass is 10.1. The van der Waals surface area contributed by atoms with Crippen LogP contribution in [0.15, 0.2) is 65.5 Å². The van der Waals surface area contributed by atoms with Crippen LogP contribution in [0.1, 0.15) is 21.7 Å². The molecular formula is C22H22ClN3O3. The Labute approximate surface area is 174 Å². The number of aromatic nitrogens is 1. The lowest BCUT2D eigenvalue weighted by Crippen LogP contribution is -2.48. The molecule has 2 aromatic heterocycles. The van der Waals surface area contributed by atoms with Crippen LogP contribution < -0.4 is 4.74 Å². The summed E-state index contributed by atoms with van der Waals surface area (Å²) < 4.78 is 11.2. The average molecular weight is 412 g/mol. The number of carbonyl (C=O) groups is 1. The Hall–Kier alpha value is -2.83. The summed E-state index contributed by atoms with van der Waals surface area (Å²) in [5, 5.41) is 0.681. The molecule has 4 rings (SSSR count). The molecule has 1 aliphatic rings. The van der Waals surface area contributed by atoms with E-state index in [0.29, 0.717) is 37.0 Å². The summed E-state index contributed by atoms with van der Waals surface area (Å²) in [6, 6.07) is 13.0. The van der Waals surface area contributed by atoms with Crippen molar-refractivity contribution in [3.8, 4) is 5.75 Å². The molecule has 7 heteroatoms. The quantitative estimate of drug-likeness (QED) is 0.616. The van der Waals surface area contributed by atoms with Gasteiger partial charge in [0.05, 0.1) is 6.26 Å². The topological polar surface area (TPSA) is 58.8 Å². The van der Waals surface area contributed by atoms with E-state index in [1.54, 1.807) is 24.5 Å². The molecule has 1 aromatic carbocycles. The summed E-state index contributed by atoms with van der Waals surface area (Å²) in [7, 11) is 0. The molecule has 0 bridgehead atoms. The van der Waals surface area contributed by atoms with Gasteiger partial charge in [-0.15, -0.1) is 0 Å². The van der Waals surface area contributed by atoms with E-state index in [9.17, 15) is 4.79 Å². The third-order valence-corrected chi connectivity index (χ3v) is 5.16. The second-order valence-corrected chi connectivity index (χ2v) is 7.38. The van der Waals surface area contributed by atoms with Gasteiger partial charge in [-0.2, -0.15) is 0 Å². The predicted octanol–water partition coefficient (Wildman–Crippen LogP) is 3.87. The minimum Gasteiger partial charge on any atom is -0.489 e. The van der Waals surface area contributed by atoms with Gasteiger partial charge in [-0.3, -0.25) is 14.7 Å². The van der Waals surface area contributed by atoms with Crippen molar-refractivity contribution in [3.63, 3.8) is 0 Å². The fraction of sp³-hybridized carbons (Fsp3) is 0.273. The highest BCUT2D eigenvalue weighted by Crippen LogP contribution is 2.26. The van der Waals surface area contributed by atoms with Crippen molar-refractivity contribution in [1.82, 2.24) is 14.8 Å². The number of rotatable bonds is 6. The fourth-order valence-corrected chi connectivity index (χ4v) is 3.56. The van der Waals surface area contributed by atoms with Gasteiger partial charge in [-0.25, -0.2) is 0 Å². The van der Waals surface area contributed by atoms with Gasteiger partial charge in [0, 0.05) is 61.3 Å². The summed E-state index contributed by atoms with van der Waals surface area (Å²) in [6.07, 6.45) is 5.06. The van der Waals surface area contributed by atoms with Crippen LogP contribution in [-0.4, -0.2) is 46.9 Å². The molecule has 0 atom stereocenters. The van der Waals surface area contributed by atoms with Gasteiger partial charge in [0.25, 0.3) is 5.91 Å². The zero-order chi connectivity index (χ0) is 20.1. The number of halogens is 1. The Kier molecular flexibility index (Phi) is 6.12. The van der Waals surface area contributed by atoms with Crippen LogP contribution in [0.2, 0.25) is 5.02 Å². The minimum atomic E-state index is -0.0575. The van der Waals surface area contributed by atoms with E-state index in [-0.39, 0.29) is 5.91 Å². The Bertz CT molecular complexity index is 939. The lowest BCUT2D eigenvalue weighted by Gasteiger charge is -2.34. The molecule has 0 radical (unpaired) electrons. The van der Waals surface area contributed by atoms with Crippen molar-refractivity contribution in [3.05, 3.63) is 83.0 Å². The van der Waals surface area contributed by atoms with E-state index in [1.165, 1.54) is 6.26 Å². The van der Waals surface area contributed by atoms with Crippen LogP contribution in [-0.2, 0) is 13.2 Å². The maximum absolute atomic E-state index is 12.4. The summed E-state index contributed by atoms with van der Waals surface area (Å²) in [6.45, 7) is 4.04. The first kappa shape index (κ1) is 19.5. The van der Waals surface area contributed by atoms with E-state index in [4.69, 9.17) is 20.8 Å². The first-order valence-electron chi connectivity index (χ1n) is 9.54. The molecule has 150 valence electrons. The molecule has 29 heavy (non-hydrogen) atoms. The molecule has 6 nitrogen and oxygen atoms in total. The number of amides is 1. The molecule has 1 amide bonds. The van der Waals surface area contributed by atoms with Crippen molar-refractivity contribution in [2.24, 2.45) is 0 Å². The molecule has 0 aliphatic carbocycles. The Morgan fingerprint density at radius 3 is 2.72 bits per heavy atom. The molecule has 0 unspecified atom stereocenters. The first-order valence-corrected chi connectivity index (χ1v) is 9.92. The van der Waals surface area contributed by atoms with Gasteiger partial charge >= 0.3 is 0 Å².